The topological polar surface area (TPSA) is 15.7 Å². The molecule has 3 nitrogen and oxygen atoms in total. The van der Waals surface area contributed by atoms with Crippen molar-refractivity contribution in [2.75, 3.05) is 32.8 Å². The van der Waals surface area contributed by atoms with Crippen molar-refractivity contribution >= 4 is 0 Å². The second kappa shape index (κ2) is 3.97. The Morgan fingerprint density at radius 3 is 2.31 bits per heavy atom. The molecule has 2 aliphatic rings. The summed E-state index contributed by atoms with van der Waals surface area (Å²) in [6, 6.07) is 0.752. The maximum atomic E-state index is 5.75. The van der Waals surface area contributed by atoms with Crippen molar-refractivity contribution in [3.05, 3.63) is 0 Å². The Hall–Kier alpha value is -0.120. The van der Waals surface area contributed by atoms with Crippen LogP contribution < -0.4 is 0 Å². The third-order valence-electron chi connectivity index (χ3n) is 3.78. The maximum absolute atomic E-state index is 5.75. The lowest BCUT2D eigenvalue weighted by atomic mass is 9.95. The van der Waals surface area contributed by atoms with Gasteiger partial charge in [-0.05, 0) is 34.6 Å². The van der Waals surface area contributed by atoms with E-state index in [1.165, 1.54) is 13.1 Å². The predicted octanol–water partition coefficient (Wildman–Crippen LogP) is 1.58. The van der Waals surface area contributed by atoms with Gasteiger partial charge in [0.25, 0.3) is 0 Å². The number of ether oxygens (including phenoxy) is 1. The van der Waals surface area contributed by atoms with Gasteiger partial charge in [-0.15, -0.1) is 0 Å². The molecule has 0 aromatic rings. The Balaban J connectivity index is 1.84. The van der Waals surface area contributed by atoms with E-state index in [1.807, 2.05) is 0 Å². The minimum Gasteiger partial charge on any atom is -0.373 e. The van der Waals surface area contributed by atoms with Crippen molar-refractivity contribution < 1.29 is 4.74 Å². The van der Waals surface area contributed by atoms with Crippen LogP contribution in [0.2, 0.25) is 0 Å². The van der Waals surface area contributed by atoms with Crippen LogP contribution in [0.15, 0.2) is 0 Å². The number of nitrogens with zero attached hydrogens (tertiary/aromatic N) is 2. The molecule has 2 fully saturated rings. The van der Waals surface area contributed by atoms with Crippen molar-refractivity contribution in [3.63, 3.8) is 0 Å². The number of hydrogen-bond acceptors (Lipinski definition) is 3. The van der Waals surface area contributed by atoms with E-state index in [0.717, 1.165) is 25.7 Å². The zero-order valence-corrected chi connectivity index (χ0v) is 11.4. The molecule has 2 saturated heterocycles. The summed E-state index contributed by atoms with van der Waals surface area (Å²) in [7, 11) is 0. The second-order valence-corrected chi connectivity index (χ2v) is 6.81. The van der Waals surface area contributed by atoms with Gasteiger partial charge in [-0.25, -0.2) is 0 Å². The average molecular weight is 226 g/mol. The van der Waals surface area contributed by atoms with Crippen LogP contribution in [0, 0.1) is 0 Å². The largest absolute Gasteiger partial charge is 0.373 e. The molecule has 0 aromatic heterocycles. The molecule has 0 aromatic carbocycles. The first-order valence-electron chi connectivity index (χ1n) is 6.41. The molecule has 0 bridgehead atoms. The van der Waals surface area contributed by atoms with E-state index in [2.05, 4.69) is 44.4 Å². The van der Waals surface area contributed by atoms with Gasteiger partial charge in [-0.3, -0.25) is 9.80 Å². The zero-order chi connectivity index (χ0) is 12.0. The van der Waals surface area contributed by atoms with E-state index < -0.39 is 0 Å². The molecule has 0 saturated carbocycles. The van der Waals surface area contributed by atoms with Gasteiger partial charge in [0.05, 0.1) is 12.2 Å². The molecular weight excluding hydrogens is 200 g/mol. The van der Waals surface area contributed by atoms with Crippen molar-refractivity contribution in [1.29, 1.82) is 0 Å². The third-order valence-corrected chi connectivity index (χ3v) is 3.78. The molecule has 0 aliphatic carbocycles. The fourth-order valence-electron chi connectivity index (χ4n) is 2.60. The van der Waals surface area contributed by atoms with Gasteiger partial charge in [0, 0.05) is 37.8 Å². The van der Waals surface area contributed by atoms with Crippen molar-refractivity contribution in [2.45, 2.75) is 51.8 Å². The Kier molecular flexibility index (Phi) is 3.06. The predicted molar refractivity (Wildman–Crippen MR) is 66.7 cm³/mol. The molecule has 0 atom stereocenters. The first-order chi connectivity index (χ1) is 7.28. The summed E-state index contributed by atoms with van der Waals surface area (Å²) in [4.78, 5) is 5.16. The summed E-state index contributed by atoms with van der Waals surface area (Å²) in [5, 5.41) is 0. The minimum absolute atomic E-state index is 0.0421. The molecule has 0 amide bonds. The molecule has 0 unspecified atom stereocenters. The summed E-state index contributed by atoms with van der Waals surface area (Å²) >= 11 is 0. The van der Waals surface area contributed by atoms with E-state index in [9.17, 15) is 0 Å². The lowest BCUT2D eigenvalue weighted by Crippen LogP contribution is -2.67. The van der Waals surface area contributed by atoms with Gasteiger partial charge < -0.3 is 4.74 Å². The highest BCUT2D eigenvalue weighted by Gasteiger charge is 2.40. The molecular formula is C13H26N2O. The number of morpholine rings is 1. The number of rotatable bonds is 1. The Morgan fingerprint density at radius 2 is 1.81 bits per heavy atom. The van der Waals surface area contributed by atoms with E-state index in [1.54, 1.807) is 0 Å². The highest BCUT2D eigenvalue weighted by atomic mass is 16.5. The van der Waals surface area contributed by atoms with E-state index >= 15 is 0 Å². The number of likely N-dealkylation sites (tertiary alicyclic amines) is 1. The van der Waals surface area contributed by atoms with Crippen LogP contribution in [-0.4, -0.2) is 59.8 Å². The molecule has 0 N–H and O–H groups in total. The molecule has 2 heterocycles. The molecule has 16 heavy (non-hydrogen) atoms. The van der Waals surface area contributed by atoms with Gasteiger partial charge in [-0.2, -0.15) is 0 Å². The summed E-state index contributed by atoms with van der Waals surface area (Å²) < 4.78 is 5.75. The van der Waals surface area contributed by atoms with Gasteiger partial charge >= 0.3 is 0 Å². The second-order valence-electron chi connectivity index (χ2n) is 6.81. The average Bonchev–Trinajstić information content (AvgIpc) is 1.95. The summed E-state index contributed by atoms with van der Waals surface area (Å²) in [6.45, 7) is 16.8. The van der Waals surface area contributed by atoms with Crippen LogP contribution in [0.25, 0.3) is 0 Å². The monoisotopic (exact) mass is 226 g/mol. The van der Waals surface area contributed by atoms with E-state index in [4.69, 9.17) is 4.74 Å². The van der Waals surface area contributed by atoms with Crippen LogP contribution in [-0.2, 0) is 4.74 Å². The Bertz CT molecular complexity index is 251. The van der Waals surface area contributed by atoms with Crippen LogP contribution in [0.1, 0.15) is 34.6 Å². The fourth-order valence-corrected chi connectivity index (χ4v) is 2.60. The van der Waals surface area contributed by atoms with E-state index in [-0.39, 0.29) is 5.60 Å². The fraction of sp³-hybridized carbons (Fsp3) is 1.00. The third kappa shape index (κ3) is 2.58. The normalized spacial score (nSPS) is 29.1. The zero-order valence-electron chi connectivity index (χ0n) is 11.4. The molecule has 94 valence electrons. The molecule has 3 heteroatoms. The molecule has 2 rings (SSSR count). The maximum Gasteiger partial charge on any atom is 0.0753 e. The summed E-state index contributed by atoms with van der Waals surface area (Å²) in [5.41, 5.74) is 0.374. The highest BCUT2D eigenvalue weighted by molar-refractivity contribution is 4.96. The minimum atomic E-state index is 0.0421. The quantitative estimate of drug-likeness (QED) is 0.675. The van der Waals surface area contributed by atoms with Gasteiger partial charge in [0.15, 0.2) is 0 Å². The standard InChI is InChI=1S/C13H26N2O/c1-12(2,3)15-8-11(9-15)14-6-7-16-13(4,5)10-14/h11H,6-10H2,1-5H3. The van der Waals surface area contributed by atoms with Crippen LogP contribution in [0.3, 0.4) is 0 Å². The van der Waals surface area contributed by atoms with Gasteiger partial charge in [0.1, 0.15) is 0 Å². The summed E-state index contributed by atoms with van der Waals surface area (Å²) in [6.07, 6.45) is 0. The van der Waals surface area contributed by atoms with Crippen LogP contribution >= 0.6 is 0 Å². The van der Waals surface area contributed by atoms with Gasteiger partial charge in [-0.1, -0.05) is 0 Å². The smallest absolute Gasteiger partial charge is 0.0753 e. The highest BCUT2D eigenvalue weighted by Crippen LogP contribution is 2.27. The van der Waals surface area contributed by atoms with Crippen molar-refractivity contribution in [3.8, 4) is 0 Å². The van der Waals surface area contributed by atoms with Crippen molar-refractivity contribution in [2.24, 2.45) is 0 Å². The van der Waals surface area contributed by atoms with Gasteiger partial charge in [0.2, 0.25) is 0 Å². The van der Waals surface area contributed by atoms with Crippen LogP contribution in [0.5, 0.6) is 0 Å². The summed E-state index contributed by atoms with van der Waals surface area (Å²) in [5.74, 6) is 0. The first kappa shape index (κ1) is 12.3. The first-order valence-corrected chi connectivity index (χ1v) is 6.41. The molecule has 0 spiro atoms. The lowest BCUT2D eigenvalue weighted by Gasteiger charge is -2.53. The number of hydrogen-bond donors (Lipinski definition) is 0. The van der Waals surface area contributed by atoms with E-state index in [0.29, 0.717) is 5.54 Å². The lowest BCUT2D eigenvalue weighted by molar-refractivity contribution is -0.124. The Morgan fingerprint density at radius 1 is 1.19 bits per heavy atom. The Labute approximate surface area is 99.7 Å². The van der Waals surface area contributed by atoms with Crippen molar-refractivity contribution in [1.82, 2.24) is 9.80 Å². The molecule has 2 aliphatic heterocycles. The molecule has 0 radical (unpaired) electrons. The van der Waals surface area contributed by atoms with Crippen LogP contribution in [0.4, 0.5) is 0 Å². The SMILES string of the molecule is CC1(C)CN(C2CN(C(C)(C)C)C2)CCO1.